The second-order valence-corrected chi connectivity index (χ2v) is 6.65. The third-order valence-electron chi connectivity index (χ3n) is 4.63. The molecule has 1 aromatic rings. The molecule has 1 fully saturated rings. The number of benzene rings is 1. The molecule has 0 unspecified atom stereocenters. The molecule has 0 heterocycles. The van der Waals surface area contributed by atoms with Crippen molar-refractivity contribution in [1.82, 2.24) is 16.0 Å². The third-order valence-corrected chi connectivity index (χ3v) is 4.63. The number of carbonyl (C=O) groups is 1. The lowest BCUT2D eigenvalue weighted by atomic mass is 10.0. The van der Waals surface area contributed by atoms with Crippen LogP contribution in [0.15, 0.2) is 29.3 Å². The minimum atomic E-state index is 0.152. The van der Waals surface area contributed by atoms with Crippen LogP contribution in [0.4, 0.5) is 0 Å². The van der Waals surface area contributed by atoms with Crippen molar-refractivity contribution in [3.63, 3.8) is 0 Å². The number of nitrogens with one attached hydrogen (secondary N) is 3. The Kier molecular flexibility index (Phi) is 9.30. The number of methoxy groups -OCH3 is 1. The lowest BCUT2D eigenvalue weighted by Crippen LogP contribution is -2.42. The van der Waals surface area contributed by atoms with Gasteiger partial charge in [-0.05, 0) is 43.0 Å². The minimum Gasteiger partial charge on any atom is -0.497 e. The zero-order chi connectivity index (χ0) is 19.3. The van der Waals surface area contributed by atoms with Crippen LogP contribution in [0, 0.1) is 5.92 Å². The first-order chi connectivity index (χ1) is 13.2. The molecule has 27 heavy (non-hydrogen) atoms. The van der Waals surface area contributed by atoms with Gasteiger partial charge >= 0.3 is 0 Å². The van der Waals surface area contributed by atoms with E-state index in [2.05, 4.69) is 20.9 Å². The third kappa shape index (κ3) is 8.19. The van der Waals surface area contributed by atoms with E-state index in [1.807, 2.05) is 24.3 Å². The van der Waals surface area contributed by atoms with Gasteiger partial charge in [0.1, 0.15) is 18.1 Å². The summed E-state index contributed by atoms with van der Waals surface area (Å²) in [6.07, 6.45) is 5.59. The van der Waals surface area contributed by atoms with Gasteiger partial charge in [-0.3, -0.25) is 9.79 Å². The molecule has 3 N–H and O–H groups in total. The van der Waals surface area contributed by atoms with Crippen LogP contribution < -0.4 is 25.4 Å². The van der Waals surface area contributed by atoms with Crippen LogP contribution in [0.5, 0.6) is 11.5 Å². The van der Waals surface area contributed by atoms with Crippen molar-refractivity contribution in [2.45, 2.75) is 32.1 Å². The first-order valence-electron chi connectivity index (χ1n) is 9.69. The van der Waals surface area contributed by atoms with Crippen LogP contribution in [-0.2, 0) is 4.79 Å². The van der Waals surface area contributed by atoms with E-state index >= 15 is 0 Å². The fourth-order valence-electron chi connectivity index (χ4n) is 3.16. The zero-order valence-corrected chi connectivity index (χ0v) is 16.4. The Bertz CT molecular complexity index is 583. The quantitative estimate of drug-likeness (QED) is 0.330. The molecule has 7 heteroatoms. The lowest BCUT2D eigenvalue weighted by molar-refractivity contribution is -0.121. The van der Waals surface area contributed by atoms with Crippen molar-refractivity contribution in [2.75, 3.05) is 40.4 Å². The van der Waals surface area contributed by atoms with Gasteiger partial charge in [0.2, 0.25) is 5.91 Å². The number of nitrogens with zero attached hydrogens (tertiary/aromatic N) is 1. The largest absolute Gasteiger partial charge is 0.497 e. The molecule has 1 amide bonds. The first kappa shape index (κ1) is 20.9. The summed E-state index contributed by atoms with van der Waals surface area (Å²) in [4.78, 5) is 16.1. The van der Waals surface area contributed by atoms with Crippen LogP contribution >= 0.6 is 0 Å². The SMILES string of the molecule is CN=C(NCCNC(=O)CC1CCCC1)NCCOc1ccc(OC)cc1. The van der Waals surface area contributed by atoms with Gasteiger partial charge in [0.25, 0.3) is 0 Å². The Morgan fingerprint density at radius 3 is 2.33 bits per heavy atom. The highest BCUT2D eigenvalue weighted by atomic mass is 16.5. The van der Waals surface area contributed by atoms with Crippen LogP contribution in [0.3, 0.4) is 0 Å². The Balaban J connectivity index is 1.52. The van der Waals surface area contributed by atoms with Crippen molar-refractivity contribution in [1.29, 1.82) is 0 Å². The maximum absolute atomic E-state index is 11.9. The molecule has 2 rings (SSSR count). The summed E-state index contributed by atoms with van der Waals surface area (Å²) in [5.41, 5.74) is 0. The van der Waals surface area contributed by atoms with Crippen LogP contribution in [-0.4, -0.2) is 52.3 Å². The topological polar surface area (TPSA) is 84.0 Å². The van der Waals surface area contributed by atoms with Crippen molar-refractivity contribution in [2.24, 2.45) is 10.9 Å². The van der Waals surface area contributed by atoms with E-state index in [1.54, 1.807) is 14.2 Å². The number of ether oxygens (including phenoxy) is 2. The van der Waals surface area contributed by atoms with E-state index in [4.69, 9.17) is 9.47 Å². The van der Waals surface area contributed by atoms with E-state index < -0.39 is 0 Å². The average molecular weight is 377 g/mol. The number of hydrogen-bond donors (Lipinski definition) is 3. The number of hydrogen-bond acceptors (Lipinski definition) is 4. The van der Waals surface area contributed by atoms with Crippen molar-refractivity contribution >= 4 is 11.9 Å². The van der Waals surface area contributed by atoms with E-state index in [9.17, 15) is 4.79 Å². The summed E-state index contributed by atoms with van der Waals surface area (Å²) in [7, 11) is 3.36. The summed E-state index contributed by atoms with van der Waals surface area (Å²) < 4.78 is 10.8. The molecule has 150 valence electrons. The van der Waals surface area contributed by atoms with Crippen LogP contribution in [0.2, 0.25) is 0 Å². The van der Waals surface area contributed by atoms with E-state index in [0.29, 0.717) is 44.5 Å². The van der Waals surface area contributed by atoms with Gasteiger partial charge < -0.3 is 25.4 Å². The maximum atomic E-state index is 11.9. The summed E-state index contributed by atoms with van der Waals surface area (Å²) in [6, 6.07) is 7.48. The number of amides is 1. The van der Waals surface area contributed by atoms with Gasteiger partial charge in [-0.25, -0.2) is 0 Å². The molecule has 0 bridgehead atoms. The highest BCUT2D eigenvalue weighted by Gasteiger charge is 2.17. The second kappa shape index (κ2) is 12.0. The fourth-order valence-corrected chi connectivity index (χ4v) is 3.16. The van der Waals surface area contributed by atoms with Gasteiger partial charge in [-0.15, -0.1) is 0 Å². The molecular formula is C20H32N4O3. The minimum absolute atomic E-state index is 0.152. The molecule has 0 spiro atoms. The monoisotopic (exact) mass is 376 g/mol. The van der Waals surface area contributed by atoms with E-state index in [1.165, 1.54) is 25.7 Å². The highest BCUT2D eigenvalue weighted by molar-refractivity contribution is 5.79. The predicted molar refractivity (Wildman–Crippen MR) is 107 cm³/mol. The van der Waals surface area contributed by atoms with Gasteiger partial charge in [-0.2, -0.15) is 0 Å². The van der Waals surface area contributed by atoms with Crippen molar-refractivity contribution in [3.05, 3.63) is 24.3 Å². The van der Waals surface area contributed by atoms with Crippen LogP contribution in [0.25, 0.3) is 0 Å². The standard InChI is InChI=1S/C20H32N4O3/c1-21-20(23-12-11-22-19(25)15-16-5-3-4-6-16)24-13-14-27-18-9-7-17(26-2)8-10-18/h7-10,16H,3-6,11-15H2,1-2H3,(H,22,25)(H2,21,23,24). The number of carbonyl (C=O) groups excluding carboxylic acids is 1. The lowest BCUT2D eigenvalue weighted by Gasteiger charge is -2.13. The molecule has 0 saturated heterocycles. The Morgan fingerprint density at radius 2 is 1.67 bits per heavy atom. The molecule has 1 aromatic carbocycles. The normalized spacial score (nSPS) is 14.7. The Labute approximate surface area is 161 Å². The fraction of sp³-hybridized carbons (Fsp3) is 0.600. The molecule has 0 radical (unpaired) electrons. The molecule has 1 saturated carbocycles. The number of rotatable bonds is 10. The van der Waals surface area contributed by atoms with Crippen molar-refractivity contribution < 1.29 is 14.3 Å². The Hall–Kier alpha value is -2.44. The highest BCUT2D eigenvalue weighted by Crippen LogP contribution is 2.27. The predicted octanol–water partition coefficient (Wildman–Crippen LogP) is 1.94. The van der Waals surface area contributed by atoms with Gasteiger partial charge in [0, 0.05) is 26.6 Å². The molecule has 0 aromatic heterocycles. The second-order valence-electron chi connectivity index (χ2n) is 6.65. The van der Waals surface area contributed by atoms with Crippen LogP contribution in [0.1, 0.15) is 32.1 Å². The summed E-state index contributed by atoms with van der Waals surface area (Å²) in [5.74, 6) is 3.03. The smallest absolute Gasteiger partial charge is 0.220 e. The first-order valence-corrected chi connectivity index (χ1v) is 9.69. The molecule has 0 aliphatic heterocycles. The summed E-state index contributed by atoms with van der Waals surface area (Å²) in [5, 5.41) is 9.34. The van der Waals surface area contributed by atoms with Gasteiger partial charge in [0.05, 0.1) is 13.7 Å². The van der Waals surface area contributed by atoms with Gasteiger partial charge in [-0.1, -0.05) is 12.8 Å². The van der Waals surface area contributed by atoms with E-state index in [0.717, 1.165) is 11.5 Å². The average Bonchev–Trinajstić information content (AvgIpc) is 3.20. The molecule has 0 atom stereocenters. The number of guanidine groups is 1. The van der Waals surface area contributed by atoms with Crippen molar-refractivity contribution in [3.8, 4) is 11.5 Å². The zero-order valence-electron chi connectivity index (χ0n) is 16.4. The molecule has 1 aliphatic carbocycles. The van der Waals surface area contributed by atoms with E-state index in [-0.39, 0.29) is 5.91 Å². The molecular weight excluding hydrogens is 344 g/mol. The summed E-state index contributed by atoms with van der Waals surface area (Å²) in [6.45, 7) is 2.37. The summed E-state index contributed by atoms with van der Waals surface area (Å²) >= 11 is 0. The molecule has 7 nitrogen and oxygen atoms in total. The molecule has 1 aliphatic rings. The maximum Gasteiger partial charge on any atom is 0.220 e. The number of aliphatic imine (C=N–C) groups is 1. The van der Waals surface area contributed by atoms with Gasteiger partial charge in [0.15, 0.2) is 5.96 Å². The Morgan fingerprint density at radius 1 is 1.04 bits per heavy atom.